The molecule has 0 aliphatic heterocycles. The van der Waals surface area contributed by atoms with E-state index in [-0.39, 0.29) is 29.9 Å². The summed E-state index contributed by atoms with van der Waals surface area (Å²) in [6.07, 6.45) is 5.83. The van der Waals surface area contributed by atoms with Crippen molar-refractivity contribution in [2.24, 2.45) is 4.99 Å². The second-order valence-corrected chi connectivity index (χ2v) is 6.21. The van der Waals surface area contributed by atoms with Crippen molar-refractivity contribution < 1.29 is 14.3 Å². The number of rotatable bonds is 15. The number of aliphatic imine (C=N–C) groups is 1. The standard InChI is InChI=1S/C18H36N4O3.HI/c1-3-5-12-24-14-15-25-13-11-21-18(19-4-2)20-10-6-7-17(23)22-16-8-9-16;/h16H,3-15H2,1-2H3,(H,22,23)(H2,19,20,21);1H. The molecule has 154 valence electrons. The van der Waals surface area contributed by atoms with Gasteiger partial charge in [0.25, 0.3) is 0 Å². The van der Waals surface area contributed by atoms with Crippen LogP contribution in [0.4, 0.5) is 0 Å². The minimum atomic E-state index is 0. The van der Waals surface area contributed by atoms with Gasteiger partial charge in [0, 0.05) is 38.7 Å². The summed E-state index contributed by atoms with van der Waals surface area (Å²) in [7, 11) is 0. The third kappa shape index (κ3) is 15.6. The predicted octanol–water partition coefficient (Wildman–Crippen LogP) is 2.05. The maximum atomic E-state index is 11.6. The number of hydrogen-bond donors (Lipinski definition) is 3. The zero-order chi connectivity index (χ0) is 18.2. The van der Waals surface area contributed by atoms with Crippen molar-refractivity contribution in [3.63, 3.8) is 0 Å². The maximum absolute atomic E-state index is 11.6. The van der Waals surface area contributed by atoms with Gasteiger partial charge >= 0.3 is 0 Å². The lowest BCUT2D eigenvalue weighted by Gasteiger charge is -2.11. The fourth-order valence-corrected chi connectivity index (χ4v) is 2.11. The van der Waals surface area contributed by atoms with E-state index < -0.39 is 0 Å². The zero-order valence-electron chi connectivity index (χ0n) is 16.3. The Hall–Kier alpha value is -0.610. The highest BCUT2D eigenvalue weighted by atomic mass is 127. The highest BCUT2D eigenvalue weighted by Crippen LogP contribution is 2.18. The Morgan fingerprint density at radius 1 is 1.04 bits per heavy atom. The highest BCUT2D eigenvalue weighted by Gasteiger charge is 2.22. The van der Waals surface area contributed by atoms with Gasteiger partial charge in [0.05, 0.1) is 19.8 Å². The van der Waals surface area contributed by atoms with Crippen molar-refractivity contribution in [1.29, 1.82) is 0 Å². The fraction of sp³-hybridized carbons (Fsp3) is 0.889. The third-order valence-corrected chi connectivity index (χ3v) is 3.67. The minimum absolute atomic E-state index is 0. The fourth-order valence-electron chi connectivity index (χ4n) is 2.11. The summed E-state index contributed by atoms with van der Waals surface area (Å²) in [4.78, 5) is 16.1. The van der Waals surface area contributed by atoms with Crippen molar-refractivity contribution in [3.8, 4) is 0 Å². The topological polar surface area (TPSA) is 84.0 Å². The number of nitrogens with one attached hydrogen (secondary N) is 3. The van der Waals surface area contributed by atoms with E-state index in [1.165, 1.54) is 0 Å². The Kier molecular flexibility index (Phi) is 17.4. The van der Waals surface area contributed by atoms with E-state index in [1.807, 2.05) is 6.92 Å². The zero-order valence-corrected chi connectivity index (χ0v) is 18.7. The first kappa shape index (κ1) is 25.4. The first-order chi connectivity index (χ1) is 12.3. The van der Waals surface area contributed by atoms with E-state index in [0.29, 0.717) is 45.4 Å². The molecule has 26 heavy (non-hydrogen) atoms. The molecule has 0 spiro atoms. The Bertz CT molecular complexity index is 379. The van der Waals surface area contributed by atoms with Gasteiger partial charge in [0.2, 0.25) is 5.91 Å². The summed E-state index contributed by atoms with van der Waals surface area (Å²) >= 11 is 0. The summed E-state index contributed by atoms with van der Waals surface area (Å²) < 4.78 is 11.0. The third-order valence-electron chi connectivity index (χ3n) is 3.67. The van der Waals surface area contributed by atoms with Gasteiger partial charge in [-0.3, -0.25) is 9.79 Å². The molecular formula is C18H37IN4O3. The SMILES string of the molecule is CCCCOCCOCCNC(=NCCCC(=O)NC1CC1)NCC.I. The lowest BCUT2D eigenvalue weighted by Crippen LogP contribution is -2.39. The molecule has 1 aliphatic carbocycles. The molecule has 8 heteroatoms. The Morgan fingerprint density at radius 2 is 1.77 bits per heavy atom. The van der Waals surface area contributed by atoms with E-state index >= 15 is 0 Å². The Labute approximate surface area is 175 Å². The van der Waals surface area contributed by atoms with Crippen molar-refractivity contribution in [2.45, 2.75) is 58.4 Å². The molecule has 0 heterocycles. The quantitative estimate of drug-likeness (QED) is 0.144. The second-order valence-electron chi connectivity index (χ2n) is 6.21. The minimum Gasteiger partial charge on any atom is -0.379 e. The molecular weight excluding hydrogens is 447 g/mol. The van der Waals surface area contributed by atoms with Crippen molar-refractivity contribution >= 4 is 35.8 Å². The lowest BCUT2D eigenvalue weighted by molar-refractivity contribution is -0.121. The van der Waals surface area contributed by atoms with E-state index in [9.17, 15) is 4.79 Å². The van der Waals surface area contributed by atoms with Crippen LogP contribution in [0.15, 0.2) is 4.99 Å². The number of ether oxygens (including phenoxy) is 2. The molecule has 1 saturated carbocycles. The van der Waals surface area contributed by atoms with E-state index in [4.69, 9.17) is 9.47 Å². The number of nitrogens with zero attached hydrogens (tertiary/aromatic N) is 1. The van der Waals surface area contributed by atoms with Crippen LogP contribution in [-0.4, -0.2) is 64.0 Å². The van der Waals surface area contributed by atoms with Gasteiger partial charge in [-0.2, -0.15) is 0 Å². The van der Waals surface area contributed by atoms with Crippen LogP contribution in [0.25, 0.3) is 0 Å². The molecule has 7 nitrogen and oxygen atoms in total. The van der Waals surface area contributed by atoms with Crippen LogP contribution >= 0.6 is 24.0 Å². The largest absolute Gasteiger partial charge is 0.379 e. The monoisotopic (exact) mass is 484 g/mol. The van der Waals surface area contributed by atoms with E-state index in [0.717, 1.165) is 51.2 Å². The van der Waals surface area contributed by atoms with Gasteiger partial charge < -0.3 is 25.4 Å². The smallest absolute Gasteiger partial charge is 0.220 e. The highest BCUT2D eigenvalue weighted by molar-refractivity contribution is 14.0. The molecule has 1 amide bonds. The normalized spacial score (nSPS) is 13.8. The molecule has 0 unspecified atom stereocenters. The average Bonchev–Trinajstić information content (AvgIpc) is 3.41. The van der Waals surface area contributed by atoms with Crippen LogP contribution in [0.3, 0.4) is 0 Å². The van der Waals surface area contributed by atoms with Gasteiger partial charge in [-0.1, -0.05) is 13.3 Å². The molecule has 3 N–H and O–H groups in total. The summed E-state index contributed by atoms with van der Waals surface area (Å²) in [5.41, 5.74) is 0. The lowest BCUT2D eigenvalue weighted by atomic mass is 10.3. The number of carbonyl (C=O) groups excluding carboxylic acids is 1. The van der Waals surface area contributed by atoms with Crippen LogP contribution in [0.1, 0.15) is 52.4 Å². The van der Waals surface area contributed by atoms with Crippen LogP contribution in [-0.2, 0) is 14.3 Å². The van der Waals surface area contributed by atoms with E-state index in [2.05, 4.69) is 27.9 Å². The van der Waals surface area contributed by atoms with Crippen LogP contribution in [0, 0.1) is 0 Å². The summed E-state index contributed by atoms with van der Waals surface area (Å²) in [6, 6.07) is 0.437. The molecule has 0 saturated heterocycles. The van der Waals surface area contributed by atoms with Gasteiger partial charge in [0.15, 0.2) is 5.96 Å². The van der Waals surface area contributed by atoms with Gasteiger partial charge in [0.1, 0.15) is 0 Å². The van der Waals surface area contributed by atoms with Crippen LogP contribution in [0.2, 0.25) is 0 Å². The number of amides is 1. The molecule has 0 bridgehead atoms. The van der Waals surface area contributed by atoms with Crippen LogP contribution < -0.4 is 16.0 Å². The van der Waals surface area contributed by atoms with Gasteiger partial charge in [-0.25, -0.2) is 0 Å². The van der Waals surface area contributed by atoms with Gasteiger partial charge in [-0.05, 0) is 32.6 Å². The molecule has 1 rings (SSSR count). The van der Waals surface area contributed by atoms with Gasteiger partial charge in [-0.15, -0.1) is 24.0 Å². The van der Waals surface area contributed by atoms with E-state index in [1.54, 1.807) is 0 Å². The number of halogens is 1. The number of hydrogen-bond acceptors (Lipinski definition) is 4. The Morgan fingerprint density at radius 3 is 2.42 bits per heavy atom. The molecule has 0 aromatic rings. The molecule has 0 radical (unpaired) electrons. The Balaban J connectivity index is 0.00000625. The maximum Gasteiger partial charge on any atom is 0.220 e. The average molecular weight is 484 g/mol. The molecule has 0 aromatic heterocycles. The molecule has 0 aromatic carbocycles. The second kappa shape index (κ2) is 17.8. The summed E-state index contributed by atoms with van der Waals surface area (Å²) in [6.45, 7) is 9.02. The summed E-state index contributed by atoms with van der Waals surface area (Å²) in [5, 5.41) is 9.42. The number of guanidine groups is 1. The molecule has 0 atom stereocenters. The first-order valence-corrected chi connectivity index (χ1v) is 9.73. The number of carbonyl (C=O) groups is 1. The van der Waals surface area contributed by atoms with Crippen LogP contribution in [0.5, 0.6) is 0 Å². The summed E-state index contributed by atoms with van der Waals surface area (Å²) in [5.74, 6) is 0.915. The van der Waals surface area contributed by atoms with Crippen molar-refractivity contribution in [3.05, 3.63) is 0 Å². The molecule has 1 aliphatic rings. The number of unbranched alkanes of at least 4 members (excludes halogenated alkanes) is 1. The predicted molar refractivity (Wildman–Crippen MR) is 116 cm³/mol. The van der Waals surface area contributed by atoms with Crippen molar-refractivity contribution in [1.82, 2.24) is 16.0 Å². The van der Waals surface area contributed by atoms with Crippen molar-refractivity contribution in [2.75, 3.05) is 46.1 Å². The molecule has 1 fully saturated rings. The first-order valence-electron chi connectivity index (χ1n) is 9.73.